The summed E-state index contributed by atoms with van der Waals surface area (Å²) in [6.45, 7) is 2.44. The zero-order valence-corrected chi connectivity index (χ0v) is 16.0. The molecule has 2 heterocycles. The molecule has 0 radical (unpaired) electrons. The van der Waals surface area contributed by atoms with Crippen LogP contribution in [0.4, 0.5) is 5.69 Å². The van der Waals surface area contributed by atoms with E-state index in [9.17, 15) is 9.59 Å². The second-order valence-electron chi connectivity index (χ2n) is 7.08. The van der Waals surface area contributed by atoms with Gasteiger partial charge in [-0.15, -0.1) is 0 Å². The predicted molar refractivity (Wildman–Crippen MR) is 109 cm³/mol. The molecule has 1 aromatic carbocycles. The van der Waals surface area contributed by atoms with Crippen LogP contribution in [0.3, 0.4) is 0 Å². The summed E-state index contributed by atoms with van der Waals surface area (Å²) in [7, 11) is 0. The fourth-order valence-corrected chi connectivity index (χ4v) is 3.85. The molecule has 1 aliphatic rings. The smallest absolute Gasteiger partial charge is 0.287 e. The molecule has 1 saturated carbocycles. The number of hydrogen-bond donors (Lipinski definition) is 1. The first-order valence-corrected chi connectivity index (χ1v) is 9.84. The first kappa shape index (κ1) is 18.2. The second kappa shape index (κ2) is 7.84. The summed E-state index contributed by atoms with van der Waals surface area (Å²) in [6.07, 6.45) is 6.05. The molecule has 6 nitrogen and oxygen atoms in total. The lowest BCUT2D eigenvalue weighted by Gasteiger charge is -2.20. The molecule has 1 fully saturated rings. The number of benzene rings is 1. The van der Waals surface area contributed by atoms with Crippen LogP contribution in [0.15, 0.2) is 54.7 Å². The van der Waals surface area contributed by atoms with E-state index >= 15 is 0 Å². The Kier molecular flexibility index (Phi) is 5.10. The topological polar surface area (TPSA) is 66.7 Å². The third kappa shape index (κ3) is 3.38. The molecular weight excluding hydrogens is 352 g/mol. The van der Waals surface area contributed by atoms with E-state index in [1.165, 1.54) is 0 Å². The zero-order valence-electron chi connectivity index (χ0n) is 16.0. The molecule has 0 spiro atoms. The molecule has 28 heavy (non-hydrogen) atoms. The molecule has 2 aromatic heterocycles. The number of aromatic nitrogens is 2. The normalized spacial score (nSPS) is 14.3. The SMILES string of the molecule is CCN(C(=O)c1nc(C(=O)NC2CCCC2)n2ccccc12)c1ccccc1. The highest BCUT2D eigenvalue weighted by molar-refractivity contribution is 6.10. The highest BCUT2D eigenvalue weighted by Gasteiger charge is 2.27. The Morgan fingerprint density at radius 2 is 1.82 bits per heavy atom. The van der Waals surface area contributed by atoms with E-state index in [0.29, 0.717) is 17.8 Å². The Bertz CT molecular complexity index is 990. The number of pyridine rings is 1. The van der Waals surface area contributed by atoms with Gasteiger partial charge >= 0.3 is 0 Å². The number of hydrogen-bond acceptors (Lipinski definition) is 3. The molecule has 1 N–H and O–H groups in total. The molecule has 4 rings (SSSR count). The van der Waals surface area contributed by atoms with Crippen LogP contribution < -0.4 is 10.2 Å². The number of para-hydroxylation sites is 1. The molecule has 2 amide bonds. The van der Waals surface area contributed by atoms with Crippen molar-refractivity contribution >= 4 is 23.0 Å². The lowest BCUT2D eigenvalue weighted by atomic mass is 10.2. The van der Waals surface area contributed by atoms with Gasteiger partial charge < -0.3 is 10.2 Å². The number of anilines is 1. The van der Waals surface area contributed by atoms with Crippen molar-refractivity contribution in [2.75, 3.05) is 11.4 Å². The Balaban J connectivity index is 1.71. The van der Waals surface area contributed by atoms with Gasteiger partial charge in [0.05, 0.1) is 5.52 Å². The molecule has 0 aliphatic heterocycles. The van der Waals surface area contributed by atoms with E-state index < -0.39 is 0 Å². The minimum absolute atomic E-state index is 0.194. The Morgan fingerprint density at radius 3 is 2.54 bits per heavy atom. The van der Waals surface area contributed by atoms with Crippen LogP contribution >= 0.6 is 0 Å². The Labute approximate surface area is 164 Å². The van der Waals surface area contributed by atoms with E-state index in [1.54, 1.807) is 15.5 Å². The van der Waals surface area contributed by atoms with Gasteiger partial charge in [0.2, 0.25) is 5.82 Å². The Hall–Kier alpha value is -3.15. The van der Waals surface area contributed by atoms with Crippen molar-refractivity contribution in [1.82, 2.24) is 14.7 Å². The van der Waals surface area contributed by atoms with Gasteiger partial charge in [-0.3, -0.25) is 14.0 Å². The van der Waals surface area contributed by atoms with Crippen molar-refractivity contribution in [3.63, 3.8) is 0 Å². The number of amides is 2. The minimum atomic E-state index is -0.227. The van der Waals surface area contributed by atoms with Gasteiger partial charge in [-0.1, -0.05) is 37.1 Å². The summed E-state index contributed by atoms with van der Waals surface area (Å²) in [5.74, 6) is -0.179. The van der Waals surface area contributed by atoms with Crippen molar-refractivity contribution in [2.45, 2.75) is 38.6 Å². The monoisotopic (exact) mass is 376 g/mol. The van der Waals surface area contributed by atoms with Crippen LogP contribution in [0.5, 0.6) is 0 Å². The summed E-state index contributed by atoms with van der Waals surface area (Å²) < 4.78 is 1.70. The summed E-state index contributed by atoms with van der Waals surface area (Å²) in [6, 6.07) is 15.2. The molecule has 0 unspecified atom stereocenters. The lowest BCUT2D eigenvalue weighted by Crippen LogP contribution is -2.34. The van der Waals surface area contributed by atoms with Gasteiger partial charge in [0.25, 0.3) is 11.8 Å². The molecule has 3 aromatic rings. The largest absolute Gasteiger partial charge is 0.347 e. The van der Waals surface area contributed by atoms with Gasteiger partial charge in [-0.25, -0.2) is 4.98 Å². The number of carbonyl (C=O) groups is 2. The molecule has 0 atom stereocenters. The van der Waals surface area contributed by atoms with E-state index in [-0.39, 0.29) is 23.7 Å². The van der Waals surface area contributed by atoms with E-state index in [0.717, 1.165) is 31.4 Å². The highest BCUT2D eigenvalue weighted by Crippen LogP contribution is 2.21. The minimum Gasteiger partial charge on any atom is -0.347 e. The number of rotatable bonds is 5. The molecule has 0 bridgehead atoms. The first-order chi connectivity index (χ1) is 13.7. The quantitative estimate of drug-likeness (QED) is 0.739. The molecule has 6 heteroatoms. The van der Waals surface area contributed by atoms with E-state index in [2.05, 4.69) is 10.3 Å². The zero-order chi connectivity index (χ0) is 19.5. The molecular formula is C22H24N4O2. The summed E-state index contributed by atoms with van der Waals surface area (Å²) in [5.41, 5.74) is 1.74. The third-order valence-electron chi connectivity index (χ3n) is 5.27. The standard InChI is InChI=1S/C22H24N4O2/c1-2-25(17-12-4-3-5-13-17)22(28)19-18-14-8-9-15-26(18)20(24-19)21(27)23-16-10-6-7-11-16/h3-5,8-9,12-16H,2,6-7,10-11H2,1H3,(H,23,27). The third-order valence-corrected chi connectivity index (χ3v) is 5.27. The average Bonchev–Trinajstić information content (AvgIpc) is 3.37. The molecule has 0 saturated heterocycles. The van der Waals surface area contributed by atoms with Gasteiger partial charge in [-0.05, 0) is 44.0 Å². The Morgan fingerprint density at radius 1 is 1.11 bits per heavy atom. The van der Waals surface area contributed by atoms with Crippen molar-refractivity contribution in [1.29, 1.82) is 0 Å². The van der Waals surface area contributed by atoms with Crippen molar-refractivity contribution in [3.05, 3.63) is 66.2 Å². The van der Waals surface area contributed by atoms with Gasteiger partial charge in [0.1, 0.15) is 0 Å². The number of nitrogens with zero attached hydrogens (tertiary/aromatic N) is 3. The summed E-state index contributed by atoms with van der Waals surface area (Å²) >= 11 is 0. The van der Waals surface area contributed by atoms with E-state index in [4.69, 9.17) is 0 Å². The van der Waals surface area contributed by atoms with Crippen LogP contribution in [0.2, 0.25) is 0 Å². The predicted octanol–water partition coefficient (Wildman–Crippen LogP) is 3.67. The maximum absolute atomic E-state index is 13.3. The number of nitrogens with one attached hydrogen (secondary N) is 1. The summed E-state index contributed by atoms with van der Waals surface area (Å²) in [4.78, 5) is 32.3. The van der Waals surface area contributed by atoms with Crippen LogP contribution in [0.1, 0.15) is 53.7 Å². The van der Waals surface area contributed by atoms with Gasteiger partial charge in [-0.2, -0.15) is 0 Å². The fourth-order valence-electron chi connectivity index (χ4n) is 3.85. The first-order valence-electron chi connectivity index (χ1n) is 9.84. The number of fused-ring (bicyclic) bond motifs is 1. The fraction of sp³-hybridized carbons (Fsp3) is 0.318. The maximum atomic E-state index is 13.3. The van der Waals surface area contributed by atoms with Gasteiger partial charge in [0.15, 0.2) is 5.69 Å². The molecule has 1 aliphatic carbocycles. The maximum Gasteiger partial charge on any atom is 0.287 e. The van der Waals surface area contributed by atoms with Crippen LogP contribution in [-0.2, 0) is 0 Å². The van der Waals surface area contributed by atoms with Crippen molar-refractivity contribution in [3.8, 4) is 0 Å². The van der Waals surface area contributed by atoms with Crippen LogP contribution in [0, 0.1) is 0 Å². The van der Waals surface area contributed by atoms with Crippen molar-refractivity contribution in [2.24, 2.45) is 0 Å². The van der Waals surface area contributed by atoms with Crippen LogP contribution in [0.25, 0.3) is 5.52 Å². The van der Waals surface area contributed by atoms with Crippen molar-refractivity contribution < 1.29 is 9.59 Å². The van der Waals surface area contributed by atoms with Crippen LogP contribution in [-0.4, -0.2) is 33.8 Å². The van der Waals surface area contributed by atoms with Gasteiger partial charge in [0, 0.05) is 24.5 Å². The number of imidazole rings is 1. The number of carbonyl (C=O) groups excluding carboxylic acids is 2. The summed E-state index contributed by atoms with van der Waals surface area (Å²) in [5, 5.41) is 3.07. The second-order valence-corrected chi connectivity index (χ2v) is 7.08. The average molecular weight is 376 g/mol. The lowest BCUT2D eigenvalue weighted by molar-refractivity contribution is 0.0926. The molecule has 144 valence electrons. The van der Waals surface area contributed by atoms with E-state index in [1.807, 2.05) is 55.5 Å². The highest BCUT2D eigenvalue weighted by atomic mass is 16.2.